The topological polar surface area (TPSA) is 21.3 Å². The van der Waals surface area contributed by atoms with Gasteiger partial charge >= 0.3 is 0 Å². The molecular formula is C15H17Br2NOS. The summed E-state index contributed by atoms with van der Waals surface area (Å²) in [6.45, 7) is 2.98. The molecule has 0 saturated heterocycles. The Morgan fingerprint density at radius 2 is 2.15 bits per heavy atom. The molecule has 0 aliphatic rings. The fourth-order valence-electron chi connectivity index (χ4n) is 2.14. The first-order valence-electron chi connectivity index (χ1n) is 6.44. The van der Waals surface area contributed by atoms with Crippen LogP contribution in [0.15, 0.2) is 38.6 Å². The Hall–Kier alpha value is -0.360. The largest absolute Gasteiger partial charge is 0.495 e. The van der Waals surface area contributed by atoms with Crippen LogP contribution in [0.5, 0.6) is 5.75 Å². The molecule has 1 aromatic carbocycles. The van der Waals surface area contributed by atoms with Crippen LogP contribution < -0.4 is 10.1 Å². The van der Waals surface area contributed by atoms with E-state index in [-0.39, 0.29) is 0 Å². The van der Waals surface area contributed by atoms with Gasteiger partial charge < -0.3 is 10.1 Å². The van der Waals surface area contributed by atoms with E-state index >= 15 is 0 Å². The van der Waals surface area contributed by atoms with Crippen molar-refractivity contribution in [2.24, 2.45) is 0 Å². The molecule has 2 aromatic rings. The van der Waals surface area contributed by atoms with Crippen molar-refractivity contribution in [2.45, 2.75) is 25.9 Å². The van der Waals surface area contributed by atoms with Crippen molar-refractivity contribution in [3.8, 4) is 5.75 Å². The molecular weight excluding hydrogens is 402 g/mol. The van der Waals surface area contributed by atoms with E-state index in [4.69, 9.17) is 4.74 Å². The summed E-state index contributed by atoms with van der Waals surface area (Å²) >= 11 is 8.86. The zero-order valence-electron chi connectivity index (χ0n) is 11.5. The lowest BCUT2D eigenvalue weighted by Crippen LogP contribution is -2.19. The van der Waals surface area contributed by atoms with Crippen LogP contribution in [-0.4, -0.2) is 7.11 Å². The van der Waals surface area contributed by atoms with Crippen LogP contribution >= 0.6 is 43.2 Å². The van der Waals surface area contributed by atoms with Gasteiger partial charge in [-0.2, -0.15) is 0 Å². The molecule has 0 aliphatic carbocycles. The number of halogens is 2. The van der Waals surface area contributed by atoms with Gasteiger partial charge in [0.2, 0.25) is 0 Å². The number of rotatable bonds is 6. The highest BCUT2D eigenvalue weighted by molar-refractivity contribution is 9.11. The standard InChI is InChI=1S/C15H17Br2NOS/c1-3-13(14-5-4-6-20-14)18-9-10-7-11(16)8-12(17)15(10)19-2/h4-8,13,18H,3,9H2,1-2H3. The van der Waals surface area contributed by atoms with Gasteiger partial charge in [0.25, 0.3) is 0 Å². The first-order chi connectivity index (χ1) is 9.65. The van der Waals surface area contributed by atoms with Crippen molar-refractivity contribution in [2.75, 3.05) is 7.11 Å². The normalized spacial score (nSPS) is 12.4. The lowest BCUT2D eigenvalue weighted by Gasteiger charge is -2.17. The Balaban J connectivity index is 2.14. The van der Waals surface area contributed by atoms with E-state index in [1.54, 1.807) is 18.4 Å². The molecule has 0 aliphatic heterocycles. The molecule has 0 radical (unpaired) electrons. The molecule has 0 spiro atoms. The average molecular weight is 419 g/mol. The molecule has 0 amide bonds. The second kappa shape index (κ2) is 7.59. The minimum atomic E-state index is 0.387. The van der Waals surface area contributed by atoms with Crippen LogP contribution in [0.4, 0.5) is 0 Å². The SMILES string of the molecule is CCC(NCc1cc(Br)cc(Br)c1OC)c1cccs1. The Morgan fingerprint density at radius 1 is 1.35 bits per heavy atom. The molecule has 1 aromatic heterocycles. The second-order valence-corrected chi connectivity index (χ2v) is 7.19. The Morgan fingerprint density at radius 3 is 2.75 bits per heavy atom. The van der Waals surface area contributed by atoms with Crippen LogP contribution in [0.2, 0.25) is 0 Å². The molecule has 2 rings (SSSR count). The van der Waals surface area contributed by atoms with Gasteiger partial charge in [-0.25, -0.2) is 0 Å². The predicted molar refractivity (Wildman–Crippen MR) is 92.6 cm³/mol. The summed E-state index contributed by atoms with van der Waals surface area (Å²) in [6.07, 6.45) is 1.07. The zero-order chi connectivity index (χ0) is 14.5. The number of nitrogens with one attached hydrogen (secondary N) is 1. The maximum absolute atomic E-state index is 5.48. The average Bonchev–Trinajstić information content (AvgIpc) is 2.93. The summed E-state index contributed by atoms with van der Waals surface area (Å²) in [5.41, 5.74) is 1.14. The molecule has 0 fully saturated rings. The van der Waals surface area contributed by atoms with Gasteiger partial charge in [-0.3, -0.25) is 0 Å². The van der Waals surface area contributed by atoms with E-state index in [9.17, 15) is 0 Å². The van der Waals surface area contributed by atoms with Crippen molar-refractivity contribution in [3.05, 3.63) is 49.0 Å². The smallest absolute Gasteiger partial charge is 0.137 e. The first kappa shape index (κ1) is 16.0. The maximum atomic E-state index is 5.48. The number of benzene rings is 1. The molecule has 1 heterocycles. The predicted octanol–water partition coefficient (Wildman–Crippen LogP) is 5.52. The number of ether oxygens (including phenoxy) is 1. The number of hydrogen-bond acceptors (Lipinski definition) is 3. The molecule has 20 heavy (non-hydrogen) atoms. The summed E-state index contributed by atoms with van der Waals surface area (Å²) in [7, 11) is 1.70. The third-order valence-electron chi connectivity index (χ3n) is 3.12. The summed E-state index contributed by atoms with van der Waals surface area (Å²) in [5, 5.41) is 5.73. The fraction of sp³-hybridized carbons (Fsp3) is 0.333. The van der Waals surface area contributed by atoms with Crippen molar-refractivity contribution in [1.82, 2.24) is 5.32 Å². The van der Waals surface area contributed by atoms with E-state index in [0.29, 0.717) is 6.04 Å². The minimum Gasteiger partial charge on any atom is -0.495 e. The summed E-state index contributed by atoms with van der Waals surface area (Å²) in [5.74, 6) is 0.890. The Bertz CT molecular complexity index is 557. The molecule has 108 valence electrons. The third-order valence-corrected chi connectivity index (χ3v) is 5.16. The first-order valence-corrected chi connectivity index (χ1v) is 8.91. The van der Waals surface area contributed by atoms with Crippen molar-refractivity contribution in [3.63, 3.8) is 0 Å². The molecule has 1 N–H and O–H groups in total. The lowest BCUT2D eigenvalue weighted by atomic mass is 10.1. The molecule has 0 bridgehead atoms. The third kappa shape index (κ3) is 3.85. The highest BCUT2D eigenvalue weighted by Gasteiger charge is 2.13. The van der Waals surface area contributed by atoms with E-state index in [0.717, 1.165) is 33.2 Å². The van der Waals surface area contributed by atoms with Gasteiger partial charge in [0.1, 0.15) is 5.75 Å². The fourth-order valence-corrected chi connectivity index (χ4v) is 4.50. The molecule has 1 atom stereocenters. The molecule has 5 heteroatoms. The molecule has 1 unspecified atom stereocenters. The van der Waals surface area contributed by atoms with Gasteiger partial charge in [-0.1, -0.05) is 28.9 Å². The second-order valence-electron chi connectivity index (χ2n) is 4.44. The zero-order valence-corrected chi connectivity index (χ0v) is 15.4. The van der Waals surface area contributed by atoms with Crippen molar-refractivity contribution in [1.29, 1.82) is 0 Å². The van der Waals surface area contributed by atoms with Crippen molar-refractivity contribution < 1.29 is 4.74 Å². The summed E-state index contributed by atoms with van der Waals surface area (Å²) in [6, 6.07) is 8.76. The van der Waals surface area contributed by atoms with E-state index < -0.39 is 0 Å². The summed E-state index contributed by atoms with van der Waals surface area (Å²) < 4.78 is 7.50. The van der Waals surface area contributed by atoms with Gasteiger partial charge in [0.15, 0.2) is 0 Å². The van der Waals surface area contributed by atoms with Gasteiger partial charge in [0, 0.05) is 27.5 Å². The molecule has 2 nitrogen and oxygen atoms in total. The number of thiophene rings is 1. The van der Waals surface area contributed by atoms with Gasteiger partial charge in [-0.15, -0.1) is 11.3 Å². The van der Waals surface area contributed by atoms with Gasteiger partial charge in [0.05, 0.1) is 11.6 Å². The van der Waals surface area contributed by atoms with E-state index in [1.165, 1.54) is 4.88 Å². The van der Waals surface area contributed by atoms with Crippen LogP contribution in [0.3, 0.4) is 0 Å². The quantitative estimate of drug-likeness (QED) is 0.666. The van der Waals surface area contributed by atoms with Crippen LogP contribution in [0.1, 0.15) is 29.8 Å². The van der Waals surface area contributed by atoms with E-state index in [2.05, 4.69) is 67.7 Å². The maximum Gasteiger partial charge on any atom is 0.137 e. The Labute approximate surface area is 140 Å². The minimum absolute atomic E-state index is 0.387. The lowest BCUT2D eigenvalue weighted by molar-refractivity contribution is 0.402. The summed E-state index contributed by atoms with van der Waals surface area (Å²) in [4.78, 5) is 1.38. The number of hydrogen-bond donors (Lipinski definition) is 1. The van der Waals surface area contributed by atoms with Crippen LogP contribution in [0.25, 0.3) is 0 Å². The highest BCUT2D eigenvalue weighted by Crippen LogP contribution is 2.33. The van der Waals surface area contributed by atoms with Gasteiger partial charge in [-0.05, 0) is 45.9 Å². The van der Waals surface area contributed by atoms with Crippen LogP contribution in [-0.2, 0) is 6.54 Å². The van der Waals surface area contributed by atoms with E-state index in [1.807, 2.05) is 6.07 Å². The molecule has 0 saturated carbocycles. The Kier molecular flexibility index (Phi) is 6.08. The van der Waals surface area contributed by atoms with Crippen LogP contribution in [0, 0.1) is 0 Å². The monoisotopic (exact) mass is 417 g/mol. The van der Waals surface area contributed by atoms with Crippen molar-refractivity contribution >= 4 is 43.2 Å². The number of methoxy groups -OCH3 is 1. The highest BCUT2D eigenvalue weighted by atomic mass is 79.9.